The first-order valence-electron chi connectivity index (χ1n) is 3.89. The predicted octanol–water partition coefficient (Wildman–Crippen LogP) is -3.05. The largest absolute Gasteiger partial charge is 1.00 e. The van der Waals surface area contributed by atoms with Crippen LogP contribution in [-0.4, -0.2) is 26.3 Å². The molecule has 0 atom stereocenters. The molecule has 0 saturated carbocycles. The minimum Gasteiger partial charge on any atom is -0.685 e. The second-order valence-electron chi connectivity index (χ2n) is 3.61. The van der Waals surface area contributed by atoms with Crippen LogP contribution in [0.1, 0.15) is 0 Å². The van der Waals surface area contributed by atoms with Crippen molar-refractivity contribution < 1.29 is 37.7 Å². The Labute approximate surface area is 112 Å². The summed E-state index contributed by atoms with van der Waals surface area (Å²) < 4.78 is 9.50. The summed E-state index contributed by atoms with van der Waals surface area (Å²) in [7, 11) is -2.34. The maximum Gasteiger partial charge on any atom is 1.00 e. The quantitative estimate of drug-likeness (QED) is 0.447. The van der Waals surface area contributed by atoms with Gasteiger partial charge in [0.05, 0.1) is 0 Å². The number of rotatable bonds is 4. The monoisotopic (exact) mass is 216 g/mol. The maximum atomic E-state index is 4.75. The van der Waals surface area contributed by atoms with Gasteiger partial charge in [0.25, 0.3) is 0 Å². The van der Waals surface area contributed by atoms with Crippen LogP contribution in [0.2, 0.25) is 39.3 Å². The summed E-state index contributed by atoms with van der Waals surface area (Å²) in [5, 5.41) is 0. The molecule has 0 saturated heterocycles. The topological polar surface area (TPSA) is 28.2 Å². The Morgan fingerprint density at radius 1 is 0.769 bits per heavy atom. The fourth-order valence-corrected chi connectivity index (χ4v) is 10.5. The number of hydrogen-bond donors (Lipinski definition) is 0. The van der Waals surface area contributed by atoms with E-state index >= 15 is 0 Å². The van der Waals surface area contributed by atoms with E-state index in [1.54, 1.807) is 0 Å². The molecule has 0 aliphatic rings. The van der Waals surface area contributed by atoms with Crippen molar-refractivity contribution in [1.82, 2.24) is 0 Å². The molecule has 0 N–H and O–H groups in total. The van der Waals surface area contributed by atoms with E-state index in [2.05, 4.69) is 39.3 Å². The molecule has 2 nitrogen and oxygen atoms in total. The van der Waals surface area contributed by atoms with Crippen molar-refractivity contribution in [3.63, 3.8) is 0 Å². The molecular weight excluding hydrogens is 198 g/mol. The molecule has 0 heterocycles. The smallest absolute Gasteiger partial charge is 0.685 e. The third kappa shape index (κ3) is 13.8. The number of nitrogens with zero attached hydrogens (tertiary/aromatic N) is 2. The first-order valence-corrected chi connectivity index (χ1v) is 11.7. The predicted molar refractivity (Wildman–Crippen MR) is 59.2 cm³/mol. The average Bonchev–Trinajstić information content (AvgIpc) is 1.53. The van der Waals surface area contributed by atoms with Crippen molar-refractivity contribution in [1.29, 1.82) is 0 Å². The molecule has 0 fully saturated rings. The van der Waals surface area contributed by atoms with Gasteiger partial charge in [-0.1, -0.05) is 44.1 Å². The Balaban J connectivity index is -0.000000500. The van der Waals surface area contributed by atoms with Crippen LogP contribution in [0.5, 0.6) is 0 Å². The van der Waals surface area contributed by atoms with E-state index in [4.69, 9.17) is 9.30 Å². The van der Waals surface area contributed by atoms with Crippen molar-refractivity contribution in [3.8, 4) is 0 Å². The van der Waals surface area contributed by atoms with Gasteiger partial charge >= 0.3 is 37.7 Å². The van der Waals surface area contributed by atoms with Gasteiger partial charge in [-0.2, -0.15) is 8.40 Å². The Bertz CT molecular complexity index is 110. The molecule has 7 heteroatoms. The van der Waals surface area contributed by atoms with Gasteiger partial charge in [0.15, 0.2) is 0 Å². The van der Waals surface area contributed by atoms with E-state index in [9.17, 15) is 0 Å². The van der Waals surface area contributed by atoms with Gasteiger partial charge in [0.1, 0.15) is 0 Å². The van der Waals surface area contributed by atoms with Crippen LogP contribution >= 0.6 is 0 Å². The van der Waals surface area contributed by atoms with Crippen molar-refractivity contribution in [2.75, 3.05) is 0 Å². The summed E-state index contributed by atoms with van der Waals surface area (Å²) in [5.41, 5.74) is 0. The summed E-state index contributed by atoms with van der Waals surface area (Å²) >= 11 is 0. The first-order chi connectivity index (χ1) is 4.83. The molecule has 2 radical (unpaired) electrons. The minimum atomic E-state index is -1.49. The summed E-state index contributed by atoms with van der Waals surface area (Å²) in [6.45, 7) is 13.4. The molecule has 0 unspecified atom stereocenters. The van der Waals surface area contributed by atoms with Gasteiger partial charge in [0.2, 0.25) is 0 Å². The molecule has 0 bridgehead atoms. The Morgan fingerprint density at radius 2 is 1.00 bits per heavy atom. The fraction of sp³-hybridized carbons (Fsp3) is 1.00. The van der Waals surface area contributed by atoms with Gasteiger partial charge < -0.3 is 9.30 Å². The molecule has 0 amide bonds. The first kappa shape index (κ1) is 20.2. The second kappa shape index (κ2) is 9.03. The molecule has 0 aliphatic carbocycles. The third-order valence-corrected chi connectivity index (χ3v) is 8.95. The van der Waals surface area contributed by atoms with E-state index in [1.807, 2.05) is 0 Å². The van der Waals surface area contributed by atoms with Crippen LogP contribution in [0, 0.1) is 0 Å². The zero-order valence-electron chi connectivity index (χ0n) is 10.4. The van der Waals surface area contributed by atoms with Crippen LogP contribution in [-0.2, 0) is 0 Å². The van der Waals surface area contributed by atoms with Crippen LogP contribution in [0.25, 0.3) is 9.30 Å². The van der Waals surface area contributed by atoms with Crippen LogP contribution in [0.4, 0.5) is 0 Å². The molecule has 66 valence electrons. The normalized spacial score (nSPS) is 11.1. The molecule has 0 aromatic carbocycles. The fourth-order valence-electron chi connectivity index (χ4n) is 1.12. The van der Waals surface area contributed by atoms with Gasteiger partial charge in [0, 0.05) is 0 Å². The maximum absolute atomic E-state index is 4.75. The van der Waals surface area contributed by atoms with Crippen molar-refractivity contribution in [2.45, 2.75) is 39.3 Å². The SMILES string of the molecule is C[Si](C)[N-][Si](C)(C)[N-][Si](C)C.[Li+].[Li+]. The Hall–Kier alpha value is 1.77. The van der Waals surface area contributed by atoms with E-state index in [-0.39, 0.29) is 37.7 Å². The number of hydrogen-bond acceptors (Lipinski definition) is 0. The van der Waals surface area contributed by atoms with Crippen molar-refractivity contribution in [3.05, 3.63) is 9.30 Å². The van der Waals surface area contributed by atoms with E-state index < -0.39 is 26.3 Å². The Kier molecular flexibility index (Phi) is 14.0. The zero-order valence-corrected chi connectivity index (χ0v) is 13.4. The van der Waals surface area contributed by atoms with E-state index in [1.165, 1.54) is 0 Å². The third-order valence-electron chi connectivity index (χ3n) is 0.994. The summed E-state index contributed by atoms with van der Waals surface area (Å²) in [6, 6.07) is 0. The van der Waals surface area contributed by atoms with E-state index in [0.29, 0.717) is 0 Å². The van der Waals surface area contributed by atoms with Crippen LogP contribution in [0.15, 0.2) is 0 Å². The molecule has 0 aliphatic heterocycles. The van der Waals surface area contributed by atoms with Crippen molar-refractivity contribution in [2.24, 2.45) is 0 Å². The van der Waals surface area contributed by atoms with Crippen LogP contribution in [0.3, 0.4) is 0 Å². The summed E-state index contributed by atoms with van der Waals surface area (Å²) in [5.74, 6) is 0. The Morgan fingerprint density at radius 3 is 1.15 bits per heavy atom. The van der Waals surface area contributed by atoms with Gasteiger partial charge in [-0.15, -0.1) is 13.1 Å². The molecular formula is C6H18Li2N2Si3. The van der Waals surface area contributed by atoms with Gasteiger partial charge in [-0.25, -0.2) is 0 Å². The molecule has 0 aromatic rings. The van der Waals surface area contributed by atoms with Gasteiger partial charge in [-0.05, 0) is 0 Å². The summed E-state index contributed by atoms with van der Waals surface area (Å²) in [6.07, 6.45) is 0. The second-order valence-corrected chi connectivity index (χ2v) is 12.2. The summed E-state index contributed by atoms with van der Waals surface area (Å²) in [4.78, 5) is 0. The zero-order chi connectivity index (χ0) is 9.07. The van der Waals surface area contributed by atoms with Gasteiger partial charge in [-0.3, -0.25) is 0 Å². The standard InChI is InChI=1S/C6H18N2Si3.2Li/c1-9(2)7-11(5,6)8-10(3)4;;/h1-6H3;;/q-2;2*+1. The molecule has 0 rings (SSSR count). The average molecular weight is 216 g/mol. The van der Waals surface area contributed by atoms with Crippen LogP contribution < -0.4 is 37.7 Å². The minimum absolute atomic E-state index is 0. The molecule has 0 spiro atoms. The molecule has 0 aromatic heterocycles. The molecule has 13 heavy (non-hydrogen) atoms. The van der Waals surface area contributed by atoms with Crippen molar-refractivity contribution >= 4 is 26.3 Å². The van der Waals surface area contributed by atoms with E-state index in [0.717, 1.165) is 0 Å².